The highest BCUT2D eigenvalue weighted by Crippen LogP contribution is 2.32. The van der Waals surface area contributed by atoms with E-state index in [0.29, 0.717) is 0 Å². The first-order valence-electron chi connectivity index (χ1n) is 8.62. The van der Waals surface area contributed by atoms with Crippen LogP contribution < -0.4 is 0 Å². The van der Waals surface area contributed by atoms with Crippen molar-refractivity contribution in [2.75, 3.05) is 0 Å². The van der Waals surface area contributed by atoms with E-state index in [1.807, 2.05) is 56.3 Å². The molecule has 1 unspecified atom stereocenters. The average molecular weight is 333 g/mol. The Morgan fingerprint density at radius 1 is 1.08 bits per heavy atom. The van der Waals surface area contributed by atoms with Crippen molar-refractivity contribution >= 4 is 6.21 Å². The van der Waals surface area contributed by atoms with Gasteiger partial charge in [0.1, 0.15) is 5.75 Å². The Hall–Kier alpha value is -2.61. The summed E-state index contributed by atoms with van der Waals surface area (Å²) in [6, 6.07) is 14.0. The van der Waals surface area contributed by atoms with Crippen molar-refractivity contribution < 1.29 is 5.11 Å². The van der Waals surface area contributed by atoms with Gasteiger partial charge in [0.2, 0.25) is 0 Å². The van der Waals surface area contributed by atoms with E-state index in [4.69, 9.17) is 0 Å². The van der Waals surface area contributed by atoms with Gasteiger partial charge in [-0.25, -0.2) is 0 Å². The lowest BCUT2D eigenvalue weighted by atomic mass is 9.99. The number of benzene rings is 2. The first kappa shape index (κ1) is 18.7. The second kappa shape index (κ2) is 8.48. The minimum Gasteiger partial charge on any atom is -0.507 e. The Morgan fingerprint density at radius 2 is 1.76 bits per heavy atom. The normalized spacial score (nSPS) is 13.1. The van der Waals surface area contributed by atoms with Gasteiger partial charge in [-0.05, 0) is 57.9 Å². The molecule has 0 aliphatic carbocycles. The molecule has 0 fully saturated rings. The van der Waals surface area contributed by atoms with E-state index in [9.17, 15) is 5.11 Å². The van der Waals surface area contributed by atoms with Gasteiger partial charge in [0.05, 0.1) is 6.04 Å². The molecule has 0 spiro atoms. The number of hydrogen-bond donors (Lipinski definition) is 1. The minimum absolute atomic E-state index is 0.0516. The molecule has 0 saturated carbocycles. The molecule has 1 atom stereocenters. The predicted molar refractivity (Wildman–Crippen MR) is 109 cm³/mol. The van der Waals surface area contributed by atoms with Crippen molar-refractivity contribution in [3.8, 4) is 16.9 Å². The maximum Gasteiger partial charge on any atom is 0.132 e. The zero-order valence-corrected chi connectivity index (χ0v) is 15.7. The van der Waals surface area contributed by atoms with Crippen molar-refractivity contribution in [1.29, 1.82) is 0 Å². The fourth-order valence-electron chi connectivity index (χ4n) is 2.87. The number of nitrogens with zero attached hydrogens (tertiary/aromatic N) is 1. The monoisotopic (exact) mass is 333 g/mol. The van der Waals surface area contributed by atoms with Gasteiger partial charge in [-0.2, -0.15) is 0 Å². The first-order chi connectivity index (χ1) is 11.9. The molecule has 0 radical (unpaired) electrons. The molecule has 0 aliphatic heterocycles. The molecule has 0 heterocycles. The van der Waals surface area contributed by atoms with Crippen LogP contribution in [0.3, 0.4) is 0 Å². The van der Waals surface area contributed by atoms with Crippen LogP contribution in [0.1, 0.15) is 38.8 Å². The summed E-state index contributed by atoms with van der Waals surface area (Å²) in [5.41, 5.74) is 6.16. The van der Waals surface area contributed by atoms with Gasteiger partial charge in [0.15, 0.2) is 0 Å². The number of phenols is 1. The lowest BCUT2D eigenvalue weighted by molar-refractivity contribution is 0.476. The van der Waals surface area contributed by atoms with Crippen molar-refractivity contribution in [2.45, 2.75) is 40.7 Å². The summed E-state index contributed by atoms with van der Waals surface area (Å²) in [7, 11) is 0. The largest absolute Gasteiger partial charge is 0.507 e. The first-order valence-corrected chi connectivity index (χ1v) is 8.62. The quantitative estimate of drug-likeness (QED) is 0.521. The Bertz CT molecular complexity index is 809. The van der Waals surface area contributed by atoms with Crippen LogP contribution in [-0.4, -0.2) is 17.4 Å². The molecule has 1 N–H and O–H groups in total. The summed E-state index contributed by atoms with van der Waals surface area (Å²) in [5, 5.41) is 10.7. The highest BCUT2D eigenvalue weighted by atomic mass is 16.3. The topological polar surface area (TPSA) is 32.6 Å². The summed E-state index contributed by atoms with van der Waals surface area (Å²) >= 11 is 0. The lowest BCUT2D eigenvalue weighted by Crippen LogP contribution is -1.96. The van der Waals surface area contributed by atoms with Crippen LogP contribution in [0, 0.1) is 6.92 Å². The van der Waals surface area contributed by atoms with Crippen molar-refractivity contribution in [2.24, 2.45) is 4.99 Å². The fourth-order valence-corrected chi connectivity index (χ4v) is 2.87. The van der Waals surface area contributed by atoms with E-state index in [1.165, 1.54) is 11.1 Å². The molecular formula is C23H27NO. The van der Waals surface area contributed by atoms with Crippen LogP contribution in [0.2, 0.25) is 0 Å². The maximum atomic E-state index is 10.7. The highest BCUT2D eigenvalue weighted by molar-refractivity contribution is 5.89. The van der Waals surface area contributed by atoms with Crippen LogP contribution in [0.25, 0.3) is 11.1 Å². The van der Waals surface area contributed by atoms with Crippen molar-refractivity contribution in [3.63, 3.8) is 0 Å². The smallest absolute Gasteiger partial charge is 0.132 e. The summed E-state index contributed by atoms with van der Waals surface area (Å²) in [6.07, 6.45) is 6.03. The second-order valence-electron chi connectivity index (χ2n) is 6.77. The fraction of sp³-hybridized carbons (Fsp3) is 0.261. The zero-order chi connectivity index (χ0) is 18.4. The molecule has 0 bridgehead atoms. The highest BCUT2D eigenvalue weighted by Gasteiger charge is 2.09. The van der Waals surface area contributed by atoms with Gasteiger partial charge >= 0.3 is 0 Å². The molecule has 2 heteroatoms. The van der Waals surface area contributed by atoms with Gasteiger partial charge in [-0.1, -0.05) is 53.6 Å². The van der Waals surface area contributed by atoms with E-state index in [1.54, 1.807) is 6.21 Å². The SMILES string of the molecule is CC(C)=C/C(C)=C\C(C)N=Cc1cc(C)cc(-c2ccccc2)c1O. The standard InChI is InChI=1S/C23H27NO/c1-16(2)11-17(3)12-19(5)24-15-21-13-18(4)14-22(23(21)25)20-9-7-6-8-10-20/h6-15,19,25H,1-5H3/b17-12-,24-15?. The van der Waals surface area contributed by atoms with Crippen LogP contribution in [-0.2, 0) is 0 Å². The third-order valence-electron chi connectivity index (χ3n) is 3.84. The molecule has 0 amide bonds. The van der Waals surface area contributed by atoms with Gasteiger partial charge < -0.3 is 5.11 Å². The number of aromatic hydroxyl groups is 1. The number of rotatable bonds is 5. The minimum atomic E-state index is 0.0516. The summed E-state index contributed by atoms with van der Waals surface area (Å²) < 4.78 is 0. The van der Waals surface area contributed by atoms with Crippen molar-refractivity contribution in [3.05, 3.63) is 76.9 Å². The maximum absolute atomic E-state index is 10.7. The van der Waals surface area contributed by atoms with E-state index in [0.717, 1.165) is 22.3 Å². The van der Waals surface area contributed by atoms with Gasteiger partial charge in [0, 0.05) is 17.3 Å². The van der Waals surface area contributed by atoms with E-state index in [2.05, 4.69) is 37.9 Å². The summed E-state index contributed by atoms with van der Waals surface area (Å²) in [5.74, 6) is 0.276. The second-order valence-corrected chi connectivity index (χ2v) is 6.77. The zero-order valence-electron chi connectivity index (χ0n) is 15.7. The van der Waals surface area contributed by atoms with Gasteiger partial charge in [-0.15, -0.1) is 0 Å². The molecule has 130 valence electrons. The number of aryl methyl sites for hydroxylation is 1. The molecule has 2 rings (SSSR count). The number of aliphatic imine (C=N–C) groups is 1. The third-order valence-corrected chi connectivity index (χ3v) is 3.84. The van der Waals surface area contributed by atoms with E-state index >= 15 is 0 Å². The van der Waals surface area contributed by atoms with Crippen molar-refractivity contribution in [1.82, 2.24) is 0 Å². The molecule has 2 nitrogen and oxygen atoms in total. The molecule has 2 aromatic rings. The molecular weight excluding hydrogens is 306 g/mol. The third kappa shape index (κ3) is 5.46. The number of allylic oxidation sites excluding steroid dienone is 3. The Morgan fingerprint density at radius 3 is 2.40 bits per heavy atom. The summed E-state index contributed by atoms with van der Waals surface area (Å²) in [6.45, 7) is 10.3. The van der Waals surface area contributed by atoms with Gasteiger partial charge in [0.25, 0.3) is 0 Å². The Balaban J connectivity index is 2.31. The molecule has 0 aliphatic rings. The van der Waals surface area contributed by atoms with Crippen LogP contribution in [0.15, 0.2) is 70.8 Å². The Kier molecular flexibility index (Phi) is 6.35. The molecule has 2 aromatic carbocycles. The molecule has 0 aromatic heterocycles. The molecule has 25 heavy (non-hydrogen) atoms. The average Bonchev–Trinajstić information content (AvgIpc) is 2.55. The van der Waals surface area contributed by atoms with Crippen LogP contribution in [0.5, 0.6) is 5.75 Å². The van der Waals surface area contributed by atoms with Gasteiger partial charge in [-0.3, -0.25) is 4.99 Å². The lowest BCUT2D eigenvalue weighted by Gasteiger charge is -2.10. The Labute approximate surface area is 151 Å². The van der Waals surface area contributed by atoms with Crippen LogP contribution >= 0.6 is 0 Å². The van der Waals surface area contributed by atoms with Crippen LogP contribution in [0.4, 0.5) is 0 Å². The summed E-state index contributed by atoms with van der Waals surface area (Å²) in [4.78, 5) is 4.59. The van der Waals surface area contributed by atoms with E-state index < -0.39 is 0 Å². The number of phenolic OH excluding ortho intramolecular Hbond substituents is 1. The van der Waals surface area contributed by atoms with E-state index in [-0.39, 0.29) is 11.8 Å². The molecule has 0 saturated heterocycles. The number of hydrogen-bond acceptors (Lipinski definition) is 2. The predicted octanol–water partition coefficient (Wildman–Crippen LogP) is 6.09.